The molecule has 1 saturated heterocycles. The minimum atomic E-state index is -0.766. The first-order valence-electron chi connectivity index (χ1n) is 8.29. The fraction of sp³-hybridized carbons (Fsp3) is 0.471. The largest absolute Gasteiger partial charge is 0.390 e. The predicted octanol–water partition coefficient (Wildman–Crippen LogP) is 1.32. The van der Waals surface area contributed by atoms with Crippen LogP contribution in [0.2, 0.25) is 0 Å². The van der Waals surface area contributed by atoms with Gasteiger partial charge in [-0.25, -0.2) is 5.10 Å². The van der Waals surface area contributed by atoms with Gasteiger partial charge in [0, 0.05) is 19.0 Å². The van der Waals surface area contributed by atoms with E-state index in [2.05, 4.69) is 27.3 Å². The molecule has 7 nitrogen and oxygen atoms in total. The van der Waals surface area contributed by atoms with E-state index < -0.39 is 5.60 Å². The third-order valence-corrected chi connectivity index (χ3v) is 5.52. The van der Waals surface area contributed by atoms with Gasteiger partial charge in [0.15, 0.2) is 0 Å². The van der Waals surface area contributed by atoms with Gasteiger partial charge < -0.3 is 15.7 Å². The van der Waals surface area contributed by atoms with Gasteiger partial charge in [-0.1, -0.05) is 42.1 Å². The van der Waals surface area contributed by atoms with Gasteiger partial charge >= 0.3 is 0 Å². The molecule has 1 fully saturated rings. The van der Waals surface area contributed by atoms with Gasteiger partial charge in [-0.15, -0.1) is 5.10 Å². The van der Waals surface area contributed by atoms with Crippen LogP contribution in [0.4, 0.5) is 5.95 Å². The highest BCUT2D eigenvalue weighted by atomic mass is 32.2. The molecule has 2 atom stereocenters. The highest BCUT2D eigenvalue weighted by Crippen LogP contribution is 2.31. The summed E-state index contributed by atoms with van der Waals surface area (Å²) in [5.41, 5.74) is 5.89. The molecule has 0 bridgehead atoms. The maximum absolute atomic E-state index is 12.5. The molecule has 2 aromatic rings. The Bertz CT molecular complexity index is 719. The van der Waals surface area contributed by atoms with Crippen molar-refractivity contribution in [3.8, 4) is 0 Å². The van der Waals surface area contributed by atoms with Gasteiger partial charge in [0.05, 0.1) is 11.4 Å². The Hall–Kier alpha value is -2.06. The van der Waals surface area contributed by atoms with Crippen LogP contribution in [0.25, 0.3) is 0 Å². The second-order valence-electron chi connectivity index (χ2n) is 6.63. The number of nitrogens with two attached hydrogens (primary N) is 1. The number of aromatic nitrogens is 3. The Balaban J connectivity index is 1.60. The number of nitrogens with zero attached hydrogens (tertiary/aromatic N) is 3. The molecular formula is C17H23N5O2S. The molecule has 0 aliphatic carbocycles. The van der Waals surface area contributed by atoms with Gasteiger partial charge in [0.25, 0.3) is 0 Å². The molecule has 0 unspecified atom stereocenters. The van der Waals surface area contributed by atoms with E-state index in [4.69, 9.17) is 5.73 Å². The van der Waals surface area contributed by atoms with Crippen LogP contribution >= 0.6 is 11.8 Å². The molecular weight excluding hydrogens is 338 g/mol. The number of nitrogens with one attached hydrogen (secondary N) is 1. The van der Waals surface area contributed by atoms with Crippen LogP contribution in [0.5, 0.6) is 0 Å². The van der Waals surface area contributed by atoms with Crippen LogP contribution in [-0.2, 0) is 11.2 Å². The minimum Gasteiger partial charge on any atom is -0.390 e. The van der Waals surface area contributed by atoms with Crippen molar-refractivity contribution in [3.05, 3.63) is 35.9 Å². The van der Waals surface area contributed by atoms with Crippen molar-refractivity contribution in [1.29, 1.82) is 0 Å². The molecule has 2 heterocycles. The van der Waals surface area contributed by atoms with E-state index in [-0.39, 0.29) is 23.5 Å². The zero-order valence-corrected chi connectivity index (χ0v) is 15.0. The quantitative estimate of drug-likeness (QED) is 0.693. The highest BCUT2D eigenvalue weighted by Gasteiger charge is 2.38. The van der Waals surface area contributed by atoms with Gasteiger partial charge in [-0.3, -0.25) is 4.79 Å². The number of hydrogen-bond donors (Lipinski definition) is 3. The molecule has 1 aliphatic rings. The molecule has 0 radical (unpaired) electrons. The fourth-order valence-corrected chi connectivity index (χ4v) is 3.78. The monoisotopic (exact) mass is 361 g/mol. The van der Waals surface area contributed by atoms with Gasteiger partial charge in [0.1, 0.15) is 0 Å². The van der Waals surface area contributed by atoms with Gasteiger partial charge in [-0.05, 0) is 25.3 Å². The predicted molar refractivity (Wildman–Crippen MR) is 97.0 cm³/mol. The van der Waals surface area contributed by atoms with Crippen molar-refractivity contribution in [2.45, 2.75) is 30.5 Å². The molecule has 1 aromatic heterocycles. The number of amides is 1. The van der Waals surface area contributed by atoms with Crippen molar-refractivity contribution in [1.82, 2.24) is 20.1 Å². The number of benzene rings is 1. The SMILES string of the molecule is C[C@@]1(O)CCN(C(=O)CSc2n[nH]c(N)n2)C[C@@H]1Cc1ccccc1. The number of rotatable bonds is 5. The Labute approximate surface area is 151 Å². The average Bonchev–Trinajstić information content (AvgIpc) is 3.01. The number of aromatic amines is 1. The van der Waals surface area contributed by atoms with E-state index in [0.29, 0.717) is 24.7 Å². The topological polar surface area (TPSA) is 108 Å². The molecule has 3 rings (SSSR count). The maximum Gasteiger partial charge on any atom is 0.233 e. The second kappa shape index (κ2) is 7.45. The van der Waals surface area contributed by atoms with Crippen LogP contribution in [-0.4, -0.2) is 55.5 Å². The lowest BCUT2D eigenvalue weighted by atomic mass is 9.79. The second-order valence-corrected chi connectivity index (χ2v) is 7.57. The highest BCUT2D eigenvalue weighted by molar-refractivity contribution is 7.99. The number of carbonyl (C=O) groups excluding carboxylic acids is 1. The summed E-state index contributed by atoms with van der Waals surface area (Å²) in [7, 11) is 0. The Morgan fingerprint density at radius 1 is 1.48 bits per heavy atom. The zero-order chi connectivity index (χ0) is 17.9. The Morgan fingerprint density at radius 2 is 2.24 bits per heavy atom. The molecule has 0 saturated carbocycles. The fourth-order valence-electron chi connectivity index (χ4n) is 3.07. The number of hydrogen-bond acceptors (Lipinski definition) is 6. The standard InChI is InChI=1S/C17H23N5O2S/c1-17(24)7-8-22(10-13(17)9-12-5-3-2-4-6-12)14(23)11-25-16-19-15(18)20-21-16/h2-6,13,24H,7-11H2,1H3,(H3,18,19,20,21)/t13-,17+/m0/s1. The van der Waals surface area contributed by atoms with Crippen molar-refractivity contribution in [3.63, 3.8) is 0 Å². The van der Waals surface area contributed by atoms with Gasteiger partial charge in [-0.2, -0.15) is 4.98 Å². The summed E-state index contributed by atoms with van der Waals surface area (Å²) in [4.78, 5) is 18.3. The molecule has 1 amide bonds. The number of H-pyrrole nitrogens is 1. The molecule has 8 heteroatoms. The first-order valence-corrected chi connectivity index (χ1v) is 9.27. The van der Waals surface area contributed by atoms with Crippen LogP contribution in [0.3, 0.4) is 0 Å². The smallest absolute Gasteiger partial charge is 0.233 e. The van der Waals surface area contributed by atoms with Crippen LogP contribution in [0.1, 0.15) is 18.9 Å². The normalized spacial score (nSPS) is 23.6. The summed E-state index contributed by atoms with van der Waals surface area (Å²) in [6.07, 6.45) is 1.33. The number of likely N-dealkylation sites (tertiary alicyclic amines) is 1. The third-order valence-electron chi connectivity index (χ3n) is 4.69. The third kappa shape index (κ3) is 4.52. The van der Waals surface area contributed by atoms with Crippen molar-refractivity contribution >= 4 is 23.6 Å². The van der Waals surface area contributed by atoms with E-state index in [1.54, 1.807) is 0 Å². The number of aliphatic hydroxyl groups is 1. The first kappa shape index (κ1) is 17.8. The summed E-state index contributed by atoms with van der Waals surface area (Å²) < 4.78 is 0. The first-order chi connectivity index (χ1) is 11.9. The lowest BCUT2D eigenvalue weighted by Crippen LogP contribution is -2.53. The number of thioether (sulfide) groups is 1. The number of anilines is 1. The summed E-state index contributed by atoms with van der Waals surface area (Å²) in [5.74, 6) is 0.544. The molecule has 25 heavy (non-hydrogen) atoms. The van der Waals surface area contributed by atoms with E-state index in [1.807, 2.05) is 30.0 Å². The van der Waals surface area contributed by atoms with E-state index in [9.17, 15) is 9.90 Å². The van der Waals surface area contributed by atoms with E-state index in [0.717, 1.165) is 6.42 Å². The summed E-state index contributed by atoms with van der Waals surface area (Å²) in [5, 5.41) is 17.7. The lowest BCUT2D eigenvalue weighted by Gasteiger charge is -2.43. The minimum absolute atomic E-state index is 0.0109. The Kier molecular flexibility index (Phi) is 5.29. The van der Waals surface area contributed by atoms with Gasteiger partial charge in [0.2, 0.25) is 17.0 Å². The lowest BCUT2D eigenvalue weighted by molar-refractivity contribution is -0.136. The zero-order valence-electron chi connectivity index (χ0n) is 14.2. The van der Waals surface area contributed by atoms with Crippen molar-refractivity contribution in [2.24, 2.45) is 5.92 Å². The maximum atomic E-state index is 12.5. The van der Waals surface area contributed by atoms with Crippen molar-refractivity contribution < 1.29 is 9.90 Å². The summed E-state index contributed by atoms with van der Waals surface area (Å²) in [6, 6.07) is 10.1. The van der Waals surface area contributed by atoms with E-state index >= 15 is 0 Å². The van der Waals surface area contributed by atoms with Crippen LogP contribution < -0.4 is 5.73 Å². The van der Waals surface area contributed by atoms with Crippen LogP contribution in [0, 0.1) is 5.92 Å². The van der Waals surface area contributed by atoms with Crippen molar-refractivity contribution in [2.75, 3.05) is 24.6 Å². The number of nitrogen functional groups attached to an aromatic ring is 1. The Morgan fingerprint density at radius 3 is 2.92 bits per heavy atom. The number of carbonyl (C=O) groups is 1. The molecule has 134 valence electrons. The molecule has 0 spiro atoms. The molecule has 1 aliphatic heterocycles. The number of piperidine rings is 1. The molecule has 4 N–H and O–H groups in total. The summed E-state index contributed by atoms with van der Waals surface area (Å²) >= 11 is 1.26. The summed E-state index contributed by atoms with van der Waals surface area (Å²) in [6.45, 7) is 2.98. The molecule has 1 aromatic carbocycles. The average molecular weight is 361 g/mol. The van der Waals surface area contributed by atoms with Crippen LogP contribution in [0.15, 0.2) is 35.5 Å². The van der Waals surface area contributed by atoms with E-state index in [1.165, 1.54) is 17.3 Å².